The molecular weight excluding hydrogens is 226 g/mol. The van der Waals surface area contributed by atoms with Crippen LogP contribution in [-0.4, -0.2) is 22.8 Å². The van der Waals surface area contributed by atoms with Crippen molar-refractivity contribution in [2.45, 2.75) is 33.2 Å². The Labute approximate surface area is 98.3 Å². The van der Waals surface area contributed by atoms with Crippen molar-refractivity contribution in [3.05, 3.63) is 11.1 Å². The predicted octanol–water partition coefficient (Wildman–Crippen LogP) is 1.63. The topological polar surface area (TPSA) is 71.1 Å². The highest BCUT2D eigenvalue weighted by atomic mass is 32.1. The van der Waals surface area contributed by atoms with E-state index in [0.717, 1.165) is 0 Å². The lowest BCUT2D eigenvalue weighted by Crippen LogP contribution is -2.29. The van der Waals surface area contributed by atoms with Crippen molar-refractivity contribution in [3.8, 4) is 0 Å². The molecule has 6 heteroatoms. The highest BCUT2D eigenvalue weighted by Crippen LogP contribution is 2.18. The van der Waals surface area contributed by atoms with Crippen molar-refractivity contribution in [1.82, 2.24) is 10.3 Å². The van der Waals surface area contributed by atoms with Gasteiger partial charge in [0.25, 0.3) is 5.91 Å². The SMILES string of the molecule is CCC(=O)Nc1ncc(C(=O)NC(C)C)s1. The molecule has 1 aromatic heterocycles. The summed E-state index contributed by atoms with van der Waals surface area (Å²) in [5.74, 6) is -0.269. The van der Waals surface area contributed by atoms with E-state index in [1.807, 2.05) is 13.8 Å². The van der Waals surface area contributed by atoms with Gasteiger partial charge in [-0.25, -0.2) is 4.98 Å². The van der Waals surface area contributed by atoms with E-state index in [1.54, 1.807) is 6.92 Å². The predicted molar refractivity (Wildman–Crippen MR) is 63.6 cm³/mol. The molecule has 2 N–H and O–H groups in total. The largest absolute Gasteiger partial charge is 0.349 e. The van der Waals surface area contributed by atoms with E-state index in [4.69, 9.17) is 0 Å². The van der Waals surface area contributed by atoms with Gasteiger partial charge in [-0.3, -0.25) is 9.59 Å². The summed E-state index contributed by atoms with van der Waals surface area (Å²) in [6.07, 6.45) is 1.86. The molecule has 0 spiro atoms. The maximum atomic E-state index is 11.6. The summed E-state index contributed by atoms with van der Waals surface area (Å²) in [6, 6.07) is 0.0864. The van der Waals surface area contributed by atoms with Crippen molar-refractivity contribution >= 4 is 28.3 Å². The lowest BCUT2D eigenvalue weighted by molar-refractivity contribution is -0.115. The Balaban J connectivity index is 2.64. The van der Waals surface area contributed by atoms with Gasteiger partial charge in [-0.15, -0.1) is 0 Å². The van der Waals surface area contributed by atoms with E-state index in [9.17, 15) is 9.59 Å². The van der Waals surface area contributed by atoms with Crippen molar-refractivity contribution in [1.29, 1.82) is 0 Å². The summed E-state index contributed by atoms with van der Waals surface area (Å²) in [6.45, 7) is 5.53. The molecule has 0 bridgehead atoms. The van der Waals surface area contributed by atoms with Crippen molar-refractivity contribution in [3.63, 3.8) is 0 Å². The number of hydrogen-bond acceptors (Lipinski definition) is 4. The normalized spacial score (nSPS) is 10.2. The quantitative estimate of drug-likeness (QED) is 0.841. The number of hydrogen-bond donors (Lipinski definition) is 2. The molecule has 1 heterocycles. The summed E-state index contributed by atoms with van der Waals surface area (Å²) in [4.78, 5) is 27.1. The summed E-state index contributed by atoms with van der Waals surface area (Å²) in [7, 11) is 0. The first kappa shape index (κ1) is 12.6. The van der Waals surface area contributed by atoms with Gasteiger partial charge in [-0.2, -0.15) is 0 Å². The Bertz CT molecular complexity index is 387. The summed E-state index contributed by atoms with van der Waals surface area (Å²) in [5, 5.41) is 5.83. The third-order valence-electron chi connectivity index (χ3n) is 1.72. The number of anilines is 1. The first-order chi connectivity index (χ1) is 7.52. The highest BCUT2D eigenvalue weighted by molar-refractivity contribution is 7.17. The van der Waals surface area contributed by atoms with Gasteiger partial charge in [0, 0.05) is 12.5 Å². The van der Waals surface area contributed by atoms with Gasteiger partial charge >= 0.3 is 0 Å². The molecule has 0 unspecified atom stereocenters. The first-order valence-electron chi connectivity index (χ1n) is 5.09. The van der Waals surface area contributed by atoms with Crippen LogP contribution in [0.25, 0.3) is 0 Å². The zero-order valence-electron chi connectivity index (χ0n) is 9.53. The van der Waals surface area contributed by atoms with Gasteiger partial charge in [-0.05, 0) is 13.8 Å². The molecule has 0 fully saturated rings. The Kier molecular flexibility index (Phi) is 4.42. The molecule has 0 saturated carbocycles. The third kappa shape index (κ3) is 3.62. The van der Waals surface area contributed by atoms with Gasteiger partial charge < -0.3 is 10.6 Å². The number of rotatable bonds is 4. The monoisotopic (exact) mass is 241 g/mol. The van der Waals surface area contributed by atoms with Crippen LogP contribution in [0.15, 0.2) is 6.20 Å². The van der Waals surface area contributed by atoms with Crippen LogP contribution >= 0.6 is 11.3 Å². The van der Waals surface area contributed by atoms with Crippen LogP contribution < -0.4 is 10.6 Å². The molecule has 0 aliphatic heterocycles. The van der Waals surface area contributed by atoms with Crippen molar-refractivity contribution < 1.29 is 9.59 Å². The Morgan fingerprint density at radius 1 is 1.50 bits per heavy atom. The van der Waals surface area contributed by atoms with Gasteiger partial charge in [-0.1, -0.05) is 18.3 Å². The van der Waals surface area contributed by atoms with Gasteiger partial charge in [0.05, 0.1) is 6.20 Å². The molecule has 0 atom stereocenters. The maximum absolute atomic E-state index is 11.6. The summed E-state index contributed by atoms with van der Waals surface area (Å²) < 4.78 is 0. The number of carbonyl (C=O) groups is 2. The lowest BCUT2D eigenvalue weighted by atomic mass is 10.4. The van der Waals surface area contributed by atoms with Crippen LogP contribution in [0, 0.1) is 0 Å². The van der Waals surface area contributed by atoms with Gasteiger partial charge in [0.2, 0.25) is 5.91 Å². The van der Waals surface area contributed by atoms with Crippen molar-refractivity contribution in [2.75, 3.05) is 5.32 Å². The second-order valence-electron chi connectivity index (χ2n) is 3.56. The molecule has 1 aromatic rings. The lowest BCUT2D eigenvalue weighted by Gasteiger charge is -2.05. The van der Waals surface area contributed by atoms with Crippen LogP contribution in [0.4, 0.5) is 5.13 Å². The van der Waals surface area contributed by atoms with Crippen molar-refractivity contribution in [2.24, 2.45) is 0 Å². The molecule has 1 rings (SSSR count). The fraction of sp³-hybridized carbons (Fsp3) is 0.500. The van der Waals surface area contributed by atoms with Gasteiger partial charge in [0.15, 0.2) is 5.13 Å². The molecule has 88 valence electrons. The minimum absolute atomic E-state index is 0.0864. The molecule has 0 saturated heterocycles. The van der Waals surface area contributed by atoms with E-state index >= 15 is 0 Å². The van der Waals surface area contributed by atoms with Gasteiger partial charge in [0.1, 0.15) is 4.88 Å². The molecular formula is C10H15N3O2S. The minimum Gasteiger partial charge on any atom is -0.349 e. The molecule has 0 aromatic carbocycles. The maximum Gasteiger partial charge on any atom is 0.263 e. The molecule has 2 amide bonds. The van der Waals surface area contributed by atoms with Crippen LogP contribution in [0.2, 0.25) is 0 Å². The highest BCUT2D eigenvalue weighted by Gasteiger charge is 2.12. The number of nitrogens with one attached hydrogen (secondary N) is 2. The van der Waals surface area contributed by atoms with Crippen LogP contribution in [0.5, 0.6) is 0 Å². The third-order valence-corrected chi connectivity index (χ3v) is 2.63. The second kappa shape index (κ2) is 5.60. The van der Waals surface area contributed by atoms with E-state index in [-0.39, 0.29) is 17.9 Å². The number of nitrogens with zero attached hydrogens (tertiary/aromatic N) is 1. The van der Waals surface area contributed by atoms with Crippen LogP contribution in [-0.2, 0) is 4.79 Å². The number of thiazole rings is 1. The Morgan fingerprint density at radius 2 is 2.19 bits per heavy atom. The smallest absolute Gasteiger partial charge is 0.263 e. The van der Waals surface area contributed by atoms with Crippen LogP contribution in [0.1, 0.15) is 36.9 Å². The Hall–Kier alpha value is -1.43. The van der Waals surface area contributed by atoms with E-state index in [2.05, 4.69) is 15.6 Å². The van der Waals surface area contributed by atoms with E-state index in [1.165, 1.54) is 17.5 Å². The summed E-state index contributed by atoms with van der Waals surface area (Å²) >= 11 is 1.17. The first-order valence-corrected chi connectivity index (χ1v) is 5.91. The van der Waals surface area contributed by atoms with E-state index in [0.29, 0.717) is 16.4 Å². The number of aromatic nitrogens is 1. The number of carbonyl (C=O) groups excluding carboxylic acids is 2. The fourth-order valence-corrected chi connectivity index (χ4v) is 1.71. The van der Waals surface area contributed by atoms with E-state index < -0.39 is 0 Å². The molecule has 0 radical (unpaired) electrons. The fourth-order valence-electron chi connectivity index (χ4n) is 0.978. The zero-order valence-corrected chi connectivity index (χ0v) is 10.4. The summed E-state index contributed by atoms with van der Waals surface area (Å²) in [5.41, 5.74) is 0. The standard InChI is InChI=1S/C10H15N3O2S/c1-4-8(14)13-10-11-5-7(16-10)9(15)12-6(2)3/h5-6H,4H2,1-3H3,(H,12,15)(H,11,13,14). The average Bonchev–Trinajstić information content (AvgIpc) is 2.65. The van der Waals surface area contributed by atoms with Crippen LogP contribution in [0.3, 0.4) is 0 Å². The zero-order chi connectivity index (χ0) is 12.1. The Morgan fingerprint density at radius 3 is 2.75 bits per heavy atom. The molecule has 0 aliphatic carbocycles. The number of amides is 2. The molecule has 0 aliphatic rings. The minimum atomic E-state index is -0.163. The molecule has 16 heavy (non-hydrogen) atoms. The second-order valence-corrected chi connectivity index (χ2v) is 4.59. The molecule has 5 nitrogen and oxygen atoms in total. The average molecular weight is 241 g/mol.